The number of carbonyl (C=O) groups is 1. The molecule has 0 spiro atoms. The zero-order valence-corrected chi connectivity index (χ0v) is 15.0. The number of hydrogen-bond acceptors (Lipinski definition) is 5. The van der Waals surface area contributed by atoms with Gasteiger partial charge in [-0.3, -0.25) is 19.1 Å². The lowest BCUT2D eigenvalue weighted by Crippen LogP contribution is -2.38. The minimum atomic E-state index is -0.457. The fraction of sp³-hybridized carbons (Fsp3) is 0.389. The lowest BCUT2D eigenvalue weighted by molar-refractivity contribution is -0.143. The fourth-order valence-corrected chi connectivity index (χ4v) is 3.33. The minimum Gasteiger partial charge on any atom is -0.465 e. The van der Waals surface area contributed by atoms with E-state index in [2.05, 4.69) is 22.0 Å². The van der Waals surface area contributed by atoms with Gasteiger partial charge in [0.15, 0.2) is 4.77 Å². The Labute approximate surface area is 151 Å². The van der Waals surface area contributed by atoms with Crippen molar-refractivity contribution in [2.24, 2.45) is 0 Å². The van der Waals surface area contributed by atoms with Crippen LogP contribution in [0.3, 0.4) is 0 Å². The molecule has 6 nitrogen and oxygen atoms in total. The third kappa shape index (κ3) is 4.05. The predicted octanol–water partition coefficient (Wildman–Crippen LogP) is 2.03. The standard InChI is InChI=1S/C18H21N3O3S/c1-2-24-16(22)12-21-17(23)14-11-20(9-8-15(14)19-18(21)25)10-13-6-4-3-5-7-13/h3-7H,2,8-12H2,1H3,(H,19,25). The number of H-pyrrole nitrogens is 1. The first-order chi connectivity index (χ1) is 12.1. The molecular weight excluding hydrogens is 338 g/mol. The summed E-state index contributed by atoms with van der Waals surface area (Å²) in [5.74, 6) is -0.457. The number of aromatic amines is 1. The van der Waals surface area contributed by atoms with Crippen LogP contribution in [0.1, 0.15) is 23.7 Å². The summed E-state index contributed by atoms with van der Waals surface area (Å²) in [6, 6.07) is 10.2. The summed E-state index contributed by atoms with van der Waals surface area (Å²) in [5.41, 5.74) is 2.56. The number of nitrogens with one attached hydrogen (secondary N) is 1. The largest absolute Gasteiger partial charge is 0.465 e. The molecule has 132 valence electrons. The molecule has 1 aliphatic rings. The molecule has 2 aromatic rings. The lowest BCUT2D eigenvalue weighted by Gasteiger charge is -2.28. The van der Waals surface area contributed by atoms with Gasteiger partial charge in [-0.2, -0.15) is 0 Å². The van der Waals surface area contributed by atoms with Gasteiger partial charge in [0, 0.05) is 31.7 Å². The fourth-order valence-electron chi connectivity index (χ4n) is 3.06. The van der Waals surface area contributed by atoms with E-state index in [9.17, 15) is 9.59 Å². The average molecular weight is 359 g/mol. The van der Waals surface area contributed by atoms with Crippen LogP contribution < -0.4 is 5.56 Å². The summed E-state index contributed by atoms with van der Waals surface area (Å²) < 4.78 is 6.49. The second kappa shape index (κ2) is 7.76. The second-order valence-electron chi connectivity index (χ2n) is 6.03. The topological polar surface area (TPSA) is 67.3 Å². The van der Waals surface area contributed by atoms with Gasteiger partial charge in [0.05, 0.1) is 12.2 Å². The molecule has 0 bridgehead atoms. The molecule has 0 atom stereocenters. The van der Waals surface area contributed by atoms with Crippen molar-refractivity contribution in [2.45, 2.75) is 33.0 Å². The zero-order chi connectivity index (χ0) is 17.8. The van der Waals surface area contributed by atoms with E-state index in [-0.39, 0.29) is 23.5 Å². The number of esters is 1. The molecule has 0 saturated carbocycles. The van der Waals surface area contributed by atoms with Gasteiger partial charge < -0.3 is 9.72 Å². The van der Waals surface area contributed by atoms with Crippen molar-refractivity contribution in [3.05, 3.63) is 62.3 Å². The van der Waals surface area contributed by atoms with E-state index in [1.54, 1.807) is 6.92 Å². The van der Waals surface area contributed by atoms with Crippen molar-refractivity contribution in [2.75, 3.05) is 13.2 Å². The smallest absolute Gasteiger partial charge is 0.326 e. The number of carbonyl (C=O) groups excluding carboxylic acids is 1. The summed E-state index contributed by atoms with van der Waals surface area (Å²) in [7, 11) is 0. The Morgan fingerprint density at radius 3 is 2.80 bits per heavy atom. The van der Waals surface area contributed by atoms with Crippen LogP contribution >= 0.6 is 12.2 Å². The first-order valence-electron chi connectivity index (χ1n) is 8.35. The van der Waals surface area contributed by atoms with E-state index in [4.69, 9.17) is 17.0 Å². The normalized spacial score (nSPS) is 14.1. The molecule has 1 aromatic heterocycles. The molecule has 1 aliphatic heterocycles. The molecule has 0 unspecified atom stereocenters. The van der Waals surface area contributed by atoms with Gasteiger partial charge in [-0.25, -0.2) is 0 Å². The molecule has 0 radical (unpaired) electrons. The summed E-state index contributed by atoms with van der Waals surface area (Å²) >= 11 is 5.25. The van der Waals surface area contributed by atoms with Crippen LogP contribution in [0.25, 0.3) is 0 Å². The number of hydrogen-bond donors (Lipinski definition) is 1. The maximum absolute atomic E-state index is 12.8. The van der Waals surface area contributed by atoms with Crippen molar-refractivity contribution in [3.63, 3.8) is 0 Å². The Morgan fingerprint density at radius 2 is 2.08 bits per heavy atom. The molecule has 0 fully saturated rings. The second-order valence-corrected chi connectivity index (χ2v) is 6.42. The first kappa shape index (κ1) is 17.6. The summed E-state index contributed by atoms with van der Waals surface area (Å²) in [4.78, 5) is 29.9. The van der Waals surface area contributed by atoms with Crippen LogP contribution in [0.5, 0.6) is 0 Å². The lowest BCUT2D eigenvalue weighted by atomic mass is 10.1. The number of nitrogens with zero attached hydrogens (tertiary/aromatic N) is 2. The highest BCUT2D eigenvalue weighted by Crippen LogP contribution is 2.16. The van der Waals surface area contributed by atoms with Crippen LogP contribution in [0.2, 0.25) is 0 Å². The number of ether oxygens (including phenoxy) is 1. The van der Waals surface area contributed by atoms with Gasteiger partial charge in [-0.15, -0.1) is 0 Å². The third-order valence-corrected chi connectivity index (χ3v) is 4.59. The molecular formula is C18H21N3O3S. The van der Waals surface area contributed by atoms with E-state index in [1.807, 2.05) is 18.2 Å². The van der Waals surface area contributed by atoms with Gasteiger partial charge >= 0.3 is 5.97 Å². The summed E-state index contributed by atoms with van der Waals surface area (Å²) in [6.07, 6.45) is 0.737. The van der Waals surface area contributed by atoms with Crippen LogP contribution in [0, 0.1) is 4.77 Å². The van der Waals surface area contributed by atoms with Crippen molar-refractivity contribution in [3.8, 4) is 0 Å². The quantitative estimate of drug-likeness (QED) is 0.654. The highest BCUT2D eigenvalue weighted by molar-refractivity contribution is 7.71. The molecule has 1 aromatic carbocycles. The van der Waals surface area contributed by atoms with Crippen LogP contribution in [0.4, 0.5) is 0 Å². The molecule has 25 heavy (non-hydrogen) atoms. The van der Waals surface area contributed by atoms with Gasteiger partial charge in [-0.05, 0) is 24.7 Å². The van der Waals surface area contributed by atoms with Gasteiger partial charge in [0.1, 0.15) is 6.54 Å². The maximum atomic E-state index is 12.8. The molecule has 3 rings (SSSR count). The molecule has 7 heteroatoms. The number of rotatable bonds is 5. The Bertz CT molecular complexity index is 873. The average Bonchev–Trinajstić information content (AvgIpc) is 2.60. The third-order valence-electron chi connectivity index (χ3n) is 4.27. The first-order valence-corrected chi connectivity index (χ1v) is 8.76. The van der Waals surface area contributed by atoms with Gasteiger partial charge in [0.25, 0.3) is 5.56 Å². The predicted molar refractivity (Wildman–Crippen MR) is 96.8 cm³/mol. The molecule has 2 heterocycles. The zero-order valence-electron chi connectivity index (χ0n) is 14.2. The SMILES string of the molecule is CCOC(=O)Cn1c(=S)[nH]c2c(c1=O)CN(Cc1ccccc1)CC2. The van der Waals surface area contributed by atoms with E-state index in [1.165, 1.54) is 10.1 Å². The highest BCUT2D eigenvalue weighted by Gasteiger charge is 2.22. The molecule has 0 saturated heterocycles. The van der Waals surface area contributed by atoms with E-state index >= 15 is 0 Å². The van der Waals surface area contributed by atoms with Gasteiger partial charge in [-0.1, -0.05) is 30.3 Å². The Kier molecular flexibility index (Phi) is 5.45. The van der Waals surface area contributed by atoms with Crippen molar-refractivity contribution < 1.29 is 9.53 Å². The van der Waals surface area contributed by atoms with Crippen LogP contribution in [-0.2, 0) is 35.6 Å². The molecule has 0 amide bonds. The Morgan fingerprint density at radius 1 is 1.32 bits per heavy atom. The number of benzene rings is 1. The summed E-state index contributed by atoms with van der Waals surface area (Å²) in [6.45, 7) is 4.03. The number of aromatic nitrogens is 2. The number of fused-ring (bicyclic) bond motifs is 1. The maximum Gasteiger partial charge on any atom is 0.326 e. The van der Waals surface area contributed by atoms with E-state index in [0.29, 0.717) is 12.1 Å². The van der Waals surface area contributed by atoms with Gasteiger partial charge in [0.2, 0.25) is 0 Å². The van der Waals surface area contributed by atoms with Crippen LogP contribution in [-0.4, -0.2) is 33.6 Å². The van der Waals surface area contributed by atoms with E-state index < -0.39 is 5.97 Å². The highest BCUT2D eigenvalue weighted by atomic mass is 32.1. The Balaban J connectivity index is 1.84. The van der Waals surface area contributed by atoms with E-state index in [0.717, 1.165) is 25.2 Å². The molecule has 1 N–H and O–H groups in total. The summed E-state index contributed by atoms with van der Waals surface area (Å²) in [5, 5.41) is 0. The minimum absolute atomic E-state index is 0.159. The Hall–Kier alpha value is -2.25. The monoisotopic (exact) mass is 359 g/mol. The van der Waals surface area contributed by atoms with Crippen molar-refractivity contribution >= 4 is 18.2 Å². The van der Waals surface area contributed by atoms with Crippen LogP contribution in [0.15, 0.2) is 35.1 Å². The molecule has 0 aliphatic carbocycles. The van der Waals surface area contributed by atoms with Crippen molar-refractivity contribution in [1.29, 1.82) is 0 Å². The van der Waals surface area contributed by atoms with Crippen molar-refractivity contribution in [1.82, 2.24) is 14.5 Å².